The molecule has 0 saturated carbocycles. The lowest BCUT2D eigenvalue weighted by atomic mass is 10.1. The molecule has 0 heterocycles. The van der Waals surface area contributed by atoms with Gasteiger partial charge in [0, 0.05) is 13.1 Å². The highest BCUT2D eigenvalue weighted by molar-refractivity contribution is 9.10. The quantitative estimate of drug-likeness (QED) is 0.615. The Labute approximate surface area is 164 Å². The minimum atomic E-state index is -0.524. The predicted octanol–water partition coefficient (Wildman–Crippen LogP) is 4.49. The van der Waals surface area contributed by atoms with E-state index in [-0.39, 0.29) is 12.4 Å². The molecule has 0 spiro atoms. The summed E-state index contributed by atoms with van der Waals surface area (Å²) in [6.07, 6.45) is -0.524. The molecule has 0 aliphatic heterocycles. The van der Waals surface area contributed by atoms with Crippen LogP contribution in [0.3, 0.4) is 0 Å². The van der Waals surface area contributed by atoms with Crippen molar-refractivity contribution in [2.75, 3.05) is 19.8 Å². The van der Waals surface area contributed by atoms with Gasteiger partial charge in [0.25, 0.3) is 0 Å². The molecule has 0 amide bonds. The molecule has 0 saturated heterocycles. The average molecular weight is 431 g/mol. The van der Waals surface area contributed by atoms with Crippen molar-refractivity contribution in [1.29, 1.82) is 0 Å². The maximum absolute atomic E-state index is 10.2. The molecule has 4 nitrogen and oxygen atoms in total. The van der Waals surface area contributed by atoms with Crippen molar-refractivity contribution in [1.82, 2.24) is 5.32 Å². The summed E-state index contributed by atoms with van der Waals surface area (Å²) < 4.78 is 12.2. The number of rotatable bonds is 9. The number of aliphatic hydroxyl groups is 1. The van der Waals surface area contributed by atoms with Crippen LogP contribution in [0.1, 0.15) is 31.1 Å². The second kappa shape index (κ2) is 11.4. The van der Waals surface area contributed by atoms with Crippen molar-refractivity contribution in [2.45, 2.75) is 26.5 Å². The number of halogens is 2. The van der Waals surface area contributed by atoms with Crippen LogP contribution in [0.5, 0.6) is 11.5 Å². The van der Waals surface area contributed by atoms with Crippen LogP contribution in [0.15, 0.2) is 46.9 Å². The fraction of sp³-hybridized carbons (Fsp3) is 0.368. The highest BCUT2D eigenvalue weighted by Crippen LogP contribution is 2.37. The molecule has 2 rings (SSSR count). The number of aliphatic hydroxyl groups excluding tert-OH is 1. The molecule has 6 heteroatoms. The van der Waals surface area contributed by atoms with Crippen molar-refractivity contribution >= 4 is 28.3 Å². The Balaban J connectivity index is 0.00000312. The standard InChI is InChI=1S/C19H24BrNO3.ClH/c1-3-23-18-11-14(10-16(20)19(18)24-4-2)12-21-13-17(22)15-8-6-5-7-9-15;/h5-11,17,21-22H,3-4,12-13H2,1-2H3;1H. The maximum Gasteiger partial charge on any atom is 0.175 e. The molecule has 25 heavy (non-hydrogen) atoms. The minimum Gasteiger partial charge on any atom is -0.490 e. The zero-order chi connectivity index (χ0) is 17.4. The number of hydrogen-bond donors (Lipinski definition) is 2. The largest absolute Gasteiger partial charge is 0.490 e. The second-order valence-corrected chi connectivity index (χ2v) is 6.18. The lowest BCUT2D eigenvalue weighted by molar-refractivity contribution is 0.174. The summed E-state index contributed by atoms with van der Waals surface area (Å²) in [5, 5.41) is 13.5. The van der Waals surface area contributed by atoms with Gasteiger partial charge in [0.2, 0.25) is 0 Å². The first kappa shape index (κ1) is 21.8. The normalized spacial score (nSPS) is 11.5. The van der Waals surface area contributed by atoms with E-state index in [0.29, 0.717) is 26.3 Å². The molecule has 0 aliphatic carbocycles. The van der Waals surface area contributed by atoms with E-state index in [0.717, 1.165) is 27.1 Å². The smallest absolute Gasteiger partial charge is 0.175 e. The topological polar surface area (TPSA) is 50.7 Å². The highest BCUT2D eigenvalue weighted by Gasteiger charge is 2.12. The monoisotopic (exact) mass is 429 g/mol. The third kappa shape index (κ3) is 6.51. The third-order valence-electron chi connectivity index (χ3n) is 3.51. The van der Waals surface area contributed by atoms with Gasteiger partial charge in [0.1, 0.15) is 0 Å². The molecule has 2 aromatic carbocycles. The third-order valence-corrected chi connectivity index (χ3v) is 4.10. The average Bonchev–Trinajstić information content (AvgIpc) is 2.59. The molecule has 0 aliphatic rings. The van der Waals surface area contributed by atoms with Crippen molar-refractivity contribution in [2.24, 2.45) is 0 Å². The van der Waals surface area contributed by atoms with Gasteiger partial charge >= 0.3 is 0 Å². The van der Waals surface area contributed by atoms with Crippen LogP contribution in [0, 0.1) is 0 Å². The van der Waals surface area contributed by atoms with Crippen LogP contribution in [0.4, 0.5) is 0 Å². The molecule has 2 aromatic rings. The molecule has 2 N–H and O–H groups in total. The maximum atomic E-state index is 10.2. The van der Waals surface area contributed by atoms with Crippen LogP contribution >= 0.6 is 28.3 Å². The van der Waals surface area contributed by atoms with E-state index in [4.69, 9.17) is 9.47 Å². The van der Waals surface area contributed by atoms with E-state index in [9.17, 15) is 5.11 Å². The number of ether oxygens (including phenoxy) is 2. The summed E-state index contributed by atoms with van der Waals surface area (Å²) in [5.41, 5.74) is 1.97. The van der Waals surface area contributed by atoms with E-state index < -0.39 is 6.10 Å². The Morgan fingerprint density at radius 3 is 2.40 bits per heavy atom. The molecule has 0 bridgehead atoms. The SMILES string of the molecule is CCOc1cc(CNCC(O)c2ccccc2)cc(Br)c1OCC.Cl. The van der Waals surface area contributed by atoms with Gasteiger partial charge in [0.05, 0.1) is 23.8 Å². The van der Waals surface area contributed by atoms with Crippen LogP contribution in [-0.2, 0) is 6.54 Å². The van der Waals surface area contributed by atoms with E-state index in [1.807, 2.05) is 56.3 Å². The summed E-state index contributed by atoms with van der Waals surface area (Å²) in [5.74, 6) is 1.46. The van der Waals surface area contributed by atoms with Crippen molar-refractivity contribution in [3.63, 3.8) is 0 Å². The summed E-state index contributed by atoms with van der Waals surface area (Å²) >= 11 is 3.54. The van der Waals surface area contributed by atoms with Crippen LogP contribution in [0.25, 0.3) is 0 Å². The fourth-order valence-corrected chi connectivity index (χ4v) is 3.02. The molecule has 1 unspecified atom stereocenters. The summed E-state index contributed by atoms with van der Waals surface area (Å²) in [4.78, 5) is 0. The van der Waals surface area contributed by atoms with Crippen molar-refractivity contribution < 1.29 is 14.6 Å². The van der Waals surface area contributed by atoms with Gasteiger partial charge in [0.15, 0.2) is 11.5 Å². The van der Waals surface area contributed by atoms with E-state index >= 15 is 0 Å². The molecular weight excluding hydrogens is 406 g/mol. The molecular formula is C19H25BrClNO3. The fourth-order valence-electron chi connectivity index (χ4n) is 2.42. The van der Waals surface area contributed by atoms with Gasteiger partial charge in [-0.05, 0) is 53.0 Å². The van der Waals surface area contributed by atoms with Gasteiger partial charge < -0.3 is 19.9 Å². The van der Waals surface area contributed by atoms with Crippen LogP contribution in [0.2, 0.25) is 0 Å². The lowest BCUT2D eigenvalue weighted by Gasteiger charge is -2.16. The van der Waals surface area contributed by atoms with E-state index in [1.54, 1.807) is 0 Å². The minimum absolute atomic E-state index is 0. The summed E-state index contributed by atoms with van der Waals surface area (Å²) in [6.45, 7) is 6.18. The molecule has 138 valence electrons. The lowest BCUT2D eigenvalue weighted by Crippen LogP contribution is -2.21. The number of benzene rings is 2. The van der Waals surface area contributed by atoms with Gasteiger partial charge in [-0.25, -0.2) is 0 Å². The summed E-state index contributed by atoms with van der Waals surface area (Å²) in [7, 11) is 0. The first-order chi connectivity index (χ1) is 11.7. The Hall–Kier alpha value is -1.27. The van der Waals surface area contributed by atoms with E-state index in [1.165, 1.54) is 0 Å². The molecule has 1 atom stereocenters. The molecule has 0 fully saturated rings. The van der Waals surface area contributed by atoms with E-state index in [2.05, 4.69) is 21.2 Å². The Morgan fingerprint density at radius 1 is 1.08 bits per heavy atom. The predicted molar refractivity (Wildman–Crippen MR) is 107 cm³/mol. The zero-order valence-electron chi connectivity index (χ0n) is 14.5. The number of hydrogen-bond acceptors (Lipinski definition) is 4. The van der Waals surface area contributed by atoms with Crippen LogP contribution < -0.4 is 14.8 Å². The van der Waals surface area contributed by atoms with Gasteiger partial charge in [-0.3, -0.25) is 0 Å². The Morgan fingerprint density at radius 2 is 1.76 bits per heavy atom. The second-order valence-electron chi connectivity index (χ2n) is 5.33. The summed E-state index contributed by atoms with van der Waals surface area (Å²) in [6, 6.07) is 13.6. The van der Waals surface area contributed by atoms with Crippen molar-refractivity contribution in [3.05, 3.63) is 58.1 Å². The Bertz CT molecular complexity index is 640. The van der Waals surface area contributed by atoms with Crippen LogP contribution in [-0.4, -0.2) is 24.9 Å². The van der Waals surface area contributed by atoms with Gasteiger partial charge in [-0.1, -0.05) is 30.3 Å². The first-order valence-electron chi connectivity index (χ1n) is 8.17. The van der Waals surface area contributed by atoms with Gasteiger partial charge in [-0.15, -0.1) is 12.4 Å². The highest BCUT2D eigenvalue weighted by atomic mass is 79.9. The zero-order valence-corrected chi connectivity index (χ0v) is 16.9. The van der Waals surface area contributed by atoms with Gasteiger partial charge in [-0.2, -0.15) is 0 Å². The van der Waals surface area contributed by atoms with Crippen molar-refractivity contribution in [3.8, 4) is 11.5 Å². The number of nitrogens with one attached hydrogen (secondary N) is 1. The first-order valence-corrected chi connectivity index (χ1v) is 8.96. The molecule has 0 radical (unpaired) electrons. The Kier molecular flexibility index (Phi) is 9.90. The molecule has 0 aromatic heterocycles.